The van der Waals surface area contributed by atoms with E-state index in [0.717, 1.165) is 36.7 Å². The summed E-state index contributed by atoms with van der Waals surface area (Å²) in [7, 11) is 0. The molecule has 1 aliphatic rings. The highest BCUT2D eigenvalue weighted by molar-refractivity contribution is 6.32. The largest absolute Gasteiger partial charge is 0.489 e. The van der Waals surface area contributed by atoms with E-state index in [0.29, 0.717) is 12.0 Å². The molecule has 0 radical (unpaired) electrons. The molecular weight excluding hydrogens is 282 g/mol. The predicted octanol–water partition coefficient (Wildman–Crippen LogP) is 5.19. The number of ether oxygens (including phenoxy) is 1. The summed E-state index contributed by atoms with van der Waals surface area (Å²) in [5.74, 6) is 1.51. The van der Waals surface area contributed by atoms with Gasteiger partial charge in [0.15, 0.2) is 0 Å². The number of halogens is 1. The summed E-state index contributed by atoms with van der Waals surface area (Å²) in [4.78, 5) is 0. The summed E-state index contributed by atoms with van der Waals surface area (Å²) >= 11 is 6.38. The quantitative estimate of drug-likeness (QED) is 0.730. The van der Waals surface area contributed by atoms with E-state index in [-0.39, 0.29) is 0 Å². The zero-order chi connectivity index (χ0) is 15.1. The zero-order valence-corrected chi connectivity index (χ0v) is 14.1. The van der Waals surface area contributed by atoms with Crippen LogP contribution in [0.4, 0.5) is 0 Å². The van der Waals surface area contributed by atoms with E-state index >= 15 is 0 Å². The maximum absolute atomic E-state index is 6.38. The van der Waals surface area contributed by atoms with E-state index in [2.05, 4.69) is 25.2 Å². The van der Waals surface area contributed by atoms with Crippen molar-refractivity contribution in [3.63, 3.8) is 0 Å². The third-order valence-electron chi connectivity index (χ3n) is 3.97. The van der Waals surface area contributed by atoms with E-state index in [1.54, 1.807) is 0 Å². The van der Waals surface area contributed by atoms with Gasteiger partial charge in [0.25, 0.3) is 0 Å². The van der Waals surface area contributed by atoms with E-state index in [1.807, 2.05) is 12.1 Å². The number of hydrogen-bond acceptors (Lipinski definition) is 2. The lowest BCUT2D eigenvalue weighted by Gasteiger charge is -2.18. The van der Waals surface area contributed by atoms with Gasteiger partial charge in [-0.05, 0) is 55.8 Å². The second-order valence-corrected chi connectivity index (χ2v) is 6.93. The Bertz CT molecular complexity index is 425. The summed E-state index contributed by atoms with van der Waals surface area (Å²) in [5.41, 5.74) is 1.22. The molecule has 1 fully saturated rings. The standard InChI is InChI=1S/C18H28ClNO/c1-14(2)12-20-13-15-9-10-18(17(19)11-15)21-16-7-5-3-4-6-8-16/h9-11,14,16,20H,3-8,12-13H2,1-2H3. The fourth-order valence-corrected chi connectivity index (χ4v) is 3.04. The number of benzene rings is 1. The molecule has 2 rings (SSSR count). The molecule has 0 aromatic heterocycles. The molecule has 0 saturated heterocycles. The Labute approximate surface area is 134 Å². The molecule has 0 spiro atoms. The Hall–Kier alpha value is -0.730. The molecule has 1 aromatic carbocycles. The van der Waals surface area contributed by atoms with Gasteiger partial charge in [0, 0.05) is 6.54 Å². The number of nitrogens with one attached hydrogen (secondary N) is 1. The van der Waals surface area contributed by atoms with Gasteiger partial charge in [-0.2, -0.15) is 0 Å². The summed E-state index contributed by atoms with van der Waals surface area (Å²) in [6.07, 6.45) is 7.90. The molecule has 0 unspecified atom stereocenters. The lowest BCUT2D eigenvalue weighted by molar-refractivity contribution is 0.184. The van der Waals surface area contributed by atoms with Gasteiger partial charge in [-0.1, -0.05) is 44.4 Å². The Morgan fingerprint density at radius 3 is 2.52 bits per heavy atom. The van der Waals surface area contributed by atoms with Crippen molar-refractivity contribution >= 4 is 11.6 Å². The minimum atomic E-state index is 0.343. The molecular formula is C18H28ClNO. The maximum atomic E-state index is 6.38. The van der Waals surface area contributed by atoms with Gasteiger partial charge >= 0.3 is 0 Å². The first-order chi connectivity index (χ1) is 10.1. The summed E-state index contributed by atoms with van der Waals surface area (Å²) in [6, 6.07) is 6.17. The van der Waals surface area contributed by atoms with Crippen LogP contribution in [0.2, 0.25) is 5.02 Å². The first kappa shape index (κ1) is 16.6. The molecule has 1 N–H and O–H groups in total. The van der Waals surface area contributed by atoms with Crippen LogP contribution < -0.4 is 10.1 Å². The third kappa shape index (κ3) is 5.88. The Morgan fingerprint density at radius 1 is 1.19 bits per heavy atom. The Kier molecular flexibility index (Phi) is 6.85. The highest BCUT2D eigenvalue weighted by Gasteiger charge is 2.15. The molecule has 1 saturated carbocycles. The van der Waals surface area contributed by atoms with E-state index < -0.39 is 0 Å². The van der Waals surface area contributed by atoms with Gasteiger partial charge in [0.2, 0.25) is 0 Å². The first-order valence-electron chi connectivity index (χ1n) is 8.31. The van der Waals surface area contributed by atoms with Gasteiger partial charge in [-0.15, -0.1) is 0 Å². The number of rotatable bonds is 6. The van der Waals surface area contributed by atoms with Crippen molar-refractivity contribution in [3.8, 4) is 5.75 Å². The van der Waals surface area contributed by atoms with Gasteiger partial charge in [0.05, 0.1) is 11.1 Å². The third-order valence-corrected chi connectivity index (χ3v) is 4.27. The van der Waals surface area contributed by atoms with Gasteiger partial charge < -0.3 is 10.1 Å². The normalized spacial score (nSPS) is 17.0. The van der Waals surface area contributed by atoms with Crippen LogP contribution in [0.5, 0.6) is 5.75 Å². The second-order valence-electron chi connectivity index (χ2n) is 6.52. The van der Waals surface area contributed by atoms with E-state index in [4.69, 9.17) is 16.3 Å². The van der Waals surface area contributed by atoms with E-state index in [9.17, 15) is 0 Å². The van der Waals surface area contributed by atoms with Gasteiger partial charge in [-0.25, -0.2) is 0 Å². The lowest BCUT2D eigenvalue weighted by atomic mass is 10.1. The molecule has 0 amide bonds. The highest BCUT2D eigenvalue weighted by Crippen LogP contribution is 2.29. The fraction of sp³-hybridized carbons (Fsp3) is 0.667. The van der Waals surface area contributed by atoms with Crippen LogP contribution in [-0.2, 0) is 6.54 Å². The van der Waals surface area contributed by atoms with Crippen molar-refractivity contribution in [1.82, 2.24) is 5.32 Å². The van der Waals surface area contributed by atoms with Crippen molar-refractivity contribution < 1.29 is 4.74 Å². The second kappa shape index (κ2) is 8.65. The first-order valence-corrected chi connectivity index (χ1v) is 8.68. The molecule has 21 heavy (non-hydrogen) atoms. The van der Waals surface area contributed by atoms with Crippen LogP contribution in [-0.4, -0.2) is 12.6 Å². The molecule has 2 nitrogen and oxygen atoms in total. The van der Waals surface area contributed by atoms with Crippen LogP contribution in [0, 0.1) is 5.92 Å². The smallest absolute Gasteiger partial charge is 0.138 e. The monoisotopic (exact) mass is 309 g/mol. The van der Waals surface area contributed by atoms with Crippen LogP contribution in [0.25, 0.3) is 0 Å². The molecule has 1 aromatic rings. The van der Waals surface area contributed by atoms with Crippen molar-refractivity contribution in [2.24, 2.45) is 5.92 Å². The zero-order valence-electron chi connectivity index (χ0n) is 13.3. The SMILES string of the molecule is CC(C)CNCc1ccc(OC2CCCCCC2)c(Cl)c1. The summed E-state index contributed by atoms with van der Waals surface area (Å²) < 4.78 is 6.11. The van der Waals surface area contributed by atoms with Gasteiger partial charge in [0.1, 0.15) is 5.75 Å². The van der Waals surface area contributed by atoms with Gasteiger partial charge in [-0.3, -0.25) is 0 Å². The average molecular weight is 310 g/mol. The van der Waals surface area contributed by atoms with Crippen LogP contribution in [0.15, 0.2) is 18.2 Å². The number of hydrogen-bond donors (Lipinski definition) is 1. The Balaban J connectivity index is 1.88. The minimum Gasteiger partial charge on any atom is -0.489 e. The highest BCUT2D eigenvalue weighted by atomic mass is 35.5. The maximum Gasteiger partial charge on any atom is 0.138 e. The van der Waals surface area contributed by atoms with Crippen LogP contribution in [0.3, 0.4) is 0 Å². The molecule has 0 heterocycles. The lowest BCUT2D eigenvalue weighted by Crippen LogP contribution is -2.19. The summed E-state index contributed by atoms with van der Waals surface area (Å²) in [5, 5.41) is 4.18. The minimum absolute atomic E-state index is 0.343. The molecule has 0 atom stereocenters. The van der Waals surface area contributed by atoms with Crippen molar-refractivity contribution in [2.75, 3.05) is 6.54 Å². The van der Waals surface area contributed by atoms with E-state index in [1.165, 1.54) is 31.2 Å². The van der Waals surface area contributed by atoms with Crippen molar-refractivity contribution in [2.45, 2.75) is 65.0 Å². The van der Waals surface area contributed by atoms with Crippen molar-refractivity contribution in [3.05, 3.63) is 28.8 Å². The topological polar surface area (TPSA) is 21.3 Å². The van der Waals surface area contributed by atoms with Crippen LogP contribution in [0.1, 0.15) is 57.9 Å². The fourth-order valence-electron chi connectivity index (χ4n) is 2.79. The molecule has 3 heteroatoms. The van der Waals surface area contributed by atoms with Crippen LogP contribution >= 0.6 is 11.6 Å². The molecule has 1 aliphatic carbocycles. The van der Waals surface area contributed by atoms with Crippen molar-refractivity contribution in [1.29, 1.82) is 0 Å². The molecule has 0 bridgehead atoms. The molecule has 118 valence electrons. The Morgan fingerprint density at radius 2 is 1.90 bits per heavy atom. The predicted molar refractivity (Wildman–Crippen MR) is 90.1 cm³/mol. The summed E-state index contributed by atoms with van der Waals surface area (Å²) in [6.45, 7) is 6.31. The molecule has 0 aliphatic heterocycles. The average Bonchev–Trinajstić information content (AvgIpc) is 2.70.